The van der Waals surface area contributed by atoms with Crippen LogP contribution in [0.1, 0.15) is 6.42 Å². The van der Waals surface area contributed by atoms with E-state index in [0.717, 1.165) is 0 Å². The van der Waals surface area contributed by atoms with Crippen molar-refractivity contribution in [1.29, 1.82) is 0 Å². The third-order valence-corrected chi connectivity index (χ3v) is 3.86. The van der Waals surface area contributed by atoms with E-state index in [1.165, 1.54) is 13.1 Å². The minimum atomic E-state index is -3.50. The van der Waals surface area contributed by atoms with Gasteiger partial charge in [-0.15, -0.1) is 0 Å². The van der Waals surface area contributed by atoms with Gasteiger partial charge >= 0.3 is 0 Å². The predicted molar refractivity (Wildman–Crippen MR) is 69.9 cm³/mol. The van der Waals surface area contributed by atoms with Gasteiger partial charge in [-0.2, -0.15) is 0 Å². The van der Waals surface area contributed by atoms with Gasteiger partial charge in [-0.25, -0.2) is 13.1 Å². The van der Waals surface area contributed by atoms with Crippen LogP contribution in [0.2, 0.25) is 0 Å². The highest BCUT2D eigenvalue weighted by Crippen LogP contribution is 2.20. The Morgan fingerprint density at radius 1 is 1.22 bits per heavy atom. The van der Waals surface area contributed by atoms with Gasteiger partial charge in [-0.1, -0.05) is 12.1 Å². The van der Waals surface area contributed by atoms with Gasteiger partial charge < -0.3 is 10.6 Å². The van der Waals surface area contributed by atoms with E-state index in [9.17, 15) is 13.2 Å². The van der Waals surface area contributed by atoms with Crippen molar-refractivity contribution < 1.29 is 13.2 Å². The van der Waals surface area contributed by atoms with Gasteiger partial charge in [-0.3, -0.25) is 4.79 Å². The number of sulfonamides is 1. The minimum absolute atomic E-state index is 0.101. The highest BCUT2D eigenvalue weighted by molar-refractivity contribution is 7.89. The maximum atomic E-state index is 11.7. The molecule has 100 valence electrons. The van der Waals surface area contributed by atoms with Crippen molar-refractivity contribution in [3.63, 3.8) is 0 Å². The largest absolute Gasteiger partial charge is 0.383 e. The zero-order valence-electron chi connectivity index (χ0n) is 10.4. The number of hydrogen-bond acceptors (Lipinski definition) is 4. The minimum Gasteiger partial charge on any atom is -0.383 e. The summed E-state index contributed by atoms with van der Waals surface area (Å²) in [6.45, 7) is 0.371. The molecule has 0 spiro atoms. The highest BCUT2D eigenvalue weighted by atomic mass is 32.2. The van der Waals surface area contributed by atoms with Gasteiger partial charge in [0.05, 0.1) is 5.69 Å². The third kappa shape index (κ3) is 3.71. The Morgan fingerprint density at radius 2 is 1.89 bits per heavy atom. The molecular formula is C11H17N3O3S. The predicted octanol–water partition coefficient (Wildman–Crippen LogP) is 0.143. The topological polar surface area (TPSA) is 87.3 Å². The van der Waals surface area contributed by atoms with Crippen LogP contribution in [-0.2, 0) is 14.8 Å². The van der Waals surface area contributed by atoms with Gasteiger partial charge in [0.25, 0.3) is 0 Å². The molecule has 6 nitrogen and oxygen atoms in total. The van der Waals surface area contributed by atoms with Crippen molar-refractivity contribution >= 4 is 21.6 Å². The molecule has 0 heterocycles. The average Bonchev–Trinajstić information content (AvgIpc) is 2.39. The molecule has 0 saturated heterocycles. The molecular weight excluding hydrogens is 254 g/mol. The monoisotopic (exact) mass is 271 g/mol. The van der Waals surface area contributed by atoms with Crippen LogP contribution in [0.15, 0.2) is 29.2 Å². The van der Waals surface area contributed by atoms with Crippen molar-refractivity contribution in [2.24, 2.45) is 0 Å². The molecule has 7 heteroatoms. The maximum absolute atomic E-state index is 11.7. The van der Waals surface area contributed by atoms with E-state index in [1.807, 2.05) is 0 Å². The number of hydrogen-bond donors (Lipinski definition) is 3. The summed E-state index contributed by atoms with van der Waals surface area (Å²) in [5.41, 5.74) is 0.482. The summed E-state index contributed by atoms with van der Waals surface area (Å²) in [4.78, 5) is 11.2. The standard InChI is InChI=1S/C11H17N3O3S/c1-12-11(15)7-8-14-9-5-3-4-6-10(9)18(16,17)13-2/h3-6,13-14H,7-8H2,1-2H3,(H,12,15). The van der Waals surface area contributed by atoms with E-state index in [4.69, 9.17) is 0 Å². The number of rotatable bonds is 6. The zero-order valence-corrected chi connectivity index (χ0v) is 11.2. The molecule has 0 unspecified atom stereocenters. The van der Waals surface area contributed by atoms with Gasteiger partial charge in [0.15, 0.2) is 0 Å². The summed E-state index contributed by atoms with van der Waals surface area (Å²) in [5.74, 6) is -0.101. The summed E-state index contributed by atoms with van der Waals surface area (Å²) < 4.78 is 25.8. The van der Waals surface area contributed by atoms with E-state index in [0.29, 0.717) is 12.2 Å². The van der Waals surface area contributed by atoms with Gasteiger partial charge in [0.1, 0.15) is 4.90 Å². The van der Waals surface area contributed by atoms with E-state index in [-0.39, 0.29) is 17.2 Å². The molecule has 0 radical (unpaired) electrons. The molecule has 1 aromatic rings. The Bertz CT molecular complexity index is 514. The second kappa shape index (κ2) is 6.36. The Kier molecular flexibility index (Phi) is 5.11. The number of para-hydroxylation sites is 1. The first-order valence-electron chi connectivity index (χ1n) is 5.48. The number of anilines is 1. The fraction of sp³-hybridized carbons (Fsp3) is 0.364. The van der Waals surface area contributed by atoms with Crippen molar-refractivity contribution in [3.05, 3.63) is 24.3 Å². The first kappa shape index (κ1) is 14.5. The molecule has 0 aliphatic heterocycles. The second-order valence-electron chi connectivity index (χ2n) is 3.55. The van der Waals surface area contributed by atoms with E-state index < -0.39 is 10.0 Å². The lowest BCUT2D eigenvalue weighted by Crippen LogP contribution is -2.23. The molecule has 3 N–H and O–H groups in total. The Labute approximate surface area is 107 Å². The summed E-state index contributed by atoms with van der Waals surface area (Å²) >= 11 is 0. The van der Waals surface area contributed by atoms with Crippen molar-refractivity contribution in [1.82, 2.24) is 10.0 Å². The fourth-order valence-electron chi connectivity index (χ4n) is 1.39. The first-order valence-corrected chi connectivity index (χ1v) is 6.96. The molecule has 0 saturated carbocycles. The van der Waals surface area contributed by atoms with Crippen molar-refractivity contribution in [3.8, 4) is 0 Å². The Balaban J connectivity index is 2.81. The Hall–Kier alpha value is -1.60. The number of benzene rings is 1. The summed E-state index contributed by atoms with van der Waals surface area (Å²) in [6, 6.07) is 6.55. The van der Waals surface area contributed by atoms with E-state index in [2.05, 4.69) is 15.4 Å². The molecule has 0 fully saturated rings. The molecule has 1 aromatic carbocycles. The lowest BCUT2D eigenvalue weighted by atomic mass is 10.3. The molecule has 0 atom stereocenters. The molecule has 18 heavy (non-hydrogen) atoms. The van der Waals surface area contributed by atoms with Crippen LogP contribution < -0.4 is 15.4 Å². The van der Waals surface area contributed by atoms with Crippen LogP contribution in [0.25, 0.3) is 0 Å². The number of carbonyl (C=O) groups excluding carboxylic acids is 1. The number of nitrogens with one attached hydrogen (secondary N) is 3. The smallest absolute Gasteiger partial charge is 0.242 e. The van der Waals surface area contributed by atoms with Crippen LogP contribution >= 0.6 is 0 Å². The quantitative estimate of drug-likeness (QED) is 0.687. The van der Waals surface area contributed by atoms with Crippen LogP contribution in [-0.4, -0.2) is 35.0 Å². The fourth-order valence-corrected chi connectivity index (χ4v) is 2.30. The van der Waals surface area contributed by atoms with Crippen LogP contribution in [0.3, 0.4) is 0 Å². The lowest BCUT2D eigenvalue weighted by molar-refractivity contribution is -0.120. The molecule has 0 aliphatic rings. The Morgan fingerprint density at radius 3 is 2.50 bits per heavy atom. The third-order valence-electron chi connectivity index (χ3n) is 2.39. The maximum Gasteiger partial charge on any atom is 0.242 e. The van der Waals surface area contributed by atoms with E-state index >= 15 is 0 Å². The van der Waals surface area contributed by atoms with E-state index in [1.54, 1.807) is 25.2 Å². The summed E-state index contributed by atoms with van der Waals surface area (Å²) in [5, 5.41) is 5.44. The molecule has 1 amide bonds. The van der Waals surface area contributed by atoms with Crippen LogP contribution in [0.4, 0.5) is 5.69 Å². The average molecular weight is 271 g/mol. The molecule has 0 bridgehead atoms. The highest BCUT2D eigenvalue weighted by Gasteiger charge is 2.15. The van der Waals surface area contributed by atoms with Gasteiger partial charge in [0, 0.05) is 20.0 Å². The van der Waals surface area contributed by atoms with Crippen molar-refractivity contribution in [2.45, 2.75) is 11.3 Å². The van der Waals surface area contributed by atoms with Crippen LogP contribution in [0, 0.1) is 0 Å². The lowest BCUT2D eigenvalue weighted by Gasteiger charge is -2.11. The normalized spacial score (nSPS) is 11.0. The molecule has 0 aliphatic carbocycles. The summed E-state index contributed by atoms with van der Waals surface area (Å²) in [7, 11) is -0.583. The number of carbonyl (C=O) groups is 1. The second-order valence-corrected chi connectivity index (χ2v) is 5.41. The van der Waals surface area contributed by atoms with Gasteiger partial charge in [0.2, 0.25) is 15.9 Å². The summed E-state index contributed by atoms with van der Waals surface area (Å²) in [6.07, 6.45) is 0.282. The zero-order chi connectivity index (χ0) is 13.6. The number of amides is 1. The molecule has 1 rings (SSSR count). The first-order chi connectivity index (χ1) is 8.51. The van der Waals surface area contributed by atoms with Crippen LogP contribution in [0.5, 0.6) is 0 Å². The molecule has 0 aromatic heterocycles. The van der Waals surface area contributed by atoms with Gasteiger partial charge in [-0.05, 0) is 19.2 Å². The SMILES string of the molecule is CNC(=O)CCNc1ccccc1S(=O)(=O)NC. The van der Waals surface area contributed by atoms with Crippen molar-refractivity contribution in [2.75, 3.05) is 26.0 Å².